The summed E-state index contributed by atoms with van der Waals surface area (Å²) in [4.78, 5) is 4.05. The lowest BCUT2D eigenvalue weighted by atomic mass is 9.96. The Labute approximate surface area is 133 Å². The molecular formula is C12H19BrN4O3S. The van der Waals surface area contributed by atoms with Crippen LogP contribution in [-0.2, 0) is 14.8 Å². The molecule has 7 nitrogen and oxygen atoms in total. The number of nitrogens with one attached hydrogen (secondary N) is 1. The lowest BCUT2D eigenvalue weighted by Gasteiger charge is -2.38. The molecule has 2 heterocycles. The molecule has 0 spiro atoms. The van der Waals surface area contributed by atoms with Gasteiger partial charge in [0.25, 0.3) is 0 Å². The summed E-state index contributed by atoms with van der Waals surface area (Å²) in [5, 5.41) is 0. The van der Waals surface area contributed by atoms with E-state index in [0.29, 0.717) is 17.6 Å². The maximum absolute atomic E-state index is 12.8. The minimum absolute atomic E-state index is 0.0553. The van der Waals surface area contributed by atoms with Crippen LogP contribution in [0.1, 0.15) is 19.8 Å². The van der Waals surface area contributed by atoms with Gasteiger partial charge in [-0.05, 0) is 41.8 Å². The second kappa shape index (κ2) is 6.17. The fourth-order valence-electron chi connectivity index (χ4n) is 2.40. The molecule has 21 heavy (non-hydrogen) atoms. The third-order valence-electron chi connectivity index (χ3n) is 3.69. The standard InChI is InChI=1S/C12H19BrN4O3S/c1-12(20-2)4-3-5-17(8-12)21(18,19)10-6-9(13)7-15-11(10)16-14/h6-7H,3-5,8,14H2,1-2H3,(H,15,16). The van der Waals surface area contributed by atoms with E-state index in [1.165, 1.54) is 16.6 Å². The van der Waals surface area contributed by atoms with E-state index in [-0.39, 0.29) is 10.7 Å². The predicted octanol–water partition coefficient (Wildman–Crippen LogP) is 1.32. The van der Waals surface area contributed by atoms with Gasteiger partial charge in [-0.1, -0.05) is 0 Å². The SMILES string of the molecule is COC1(C)CCCN(S(=O)(=O)c2cc(Br)cnc2NN)C1. The summed E-state index contributed by atoms with van der Waals surface area (Å²) in [5.41, 5.74) is 1.86. The summed E-state index contributed by atoms with van der Waals surface area (Å²) < 4.78 is 33.1. The van der Waals surface area contributed by atoms with E-state index < -0.39 is 15.6 Å². The lowest BCUT2D eigenvalue weighted by Crippen LogP contribution is -2.49. The summed E-state index contributed by atoms with van der Waals surface area (Å²) in [7, 11) is -2.09. The molecule has 3 N–H and O–H groups in total. The van der Waals surface area contributed by atoms with Gasteiger partial charge in [-0.25, -0.2) is 19.2 Å². The molecule has 1 aromatic heterocycles. The van der Waals surface area contributed by atoms with Gasteiger partial charge in [-0.15, -0.1) is 0 Å². The zero-order valence-electron chi connectivity index (χ0n) is 12.0. The Kier molecular flexibility index (Phi) is 4.89. The van der Waals surface area contributed by atoms with Crippen LogP contribution in [-0.4, -0.2) is 43.5 Å². The molecule has 0 bridgehead atoms. The fraction of sp³-hybridized carbons (Fsp3) is 0.583. The largest absolute Gasteiger partial charge is 0.377 e. The van der Waals surface area contributed by atoms with Gasteiger partial charge in [0.15, 0.2) is 5.82 Å². The van der Waals surface area contributed by atoms with Gasteiger partial charge >= 0.3 is 0 Å². The summed E-state index contributed by atoms with van der Waals surface area (Å²) in [5.74, 6) is 5.50. The number of nitrogens with two attached hydrogens (primary N) is 1. The van der Waals surface area contributed by atoms with E-state index in [1.54, 1.807) is 7.11 Å². The molecule has 2 rings (SSSR count). The number of nitrogens with zero attached hydrogens (tertiary/aromatic N) is 2. The molecule has 1 aliphatic rings. The molecule has 1 unspecified atom stereocenters. The van der Waals surface area contributed by atoms with Crippen molar-refractivity contribution < 1.29 is 13.2 Å². The van der Waals surface area contributed by atoms with Gasteiger partial charge in [0.1, 0.15) is 4.90 Å². The van der Waals surface area contributed by atoms with Crippen molar-refractivity contribution in [1.29, 1.82) is 0 Å². The topological polar surface area (TPSA) is 97.5 Å². The number of rotatable bonds is 4. The number of pyridine rings is 1. The molecule has 0 saturated carbocycles. The maximum atomic E-state index is 12.8. The first kappa shape index (κ1) is 16.6. The zero-order chi connectivity index (χ0) is 15.7. The molecule has 1 aromatic rings. The number of hydrazine groups is 1. The van der Waals surface area contributed by atoms with Crippen molar-refractivity contribution in [2.75, 3.05) is 25.6 Å². The van der Waals surface area contributed by atoms with Gasteiger partial charge in [0, 0.05) is 30.9 Å². The second-order valence-electron chi connectivity index (χ2n) is 5.24. The van der Waals surface area contributed by atoms with Crippen LogP contribution in [0, 0.1) is 0 Å². The number of anilines is 1. The number of piperidine rings is 1. The van der Waals surface area contributed by atoms with Crippen LogP contribution in [0.5, 0.6) is 0 Å². The zero-order valence-corrected chi connectivity index (χ0v) is 14.4. The smallest absolute Gasteiger partial charge is 0.246 e. The van der Waals surface area contributed by atoms with Crippen LogP contribution >= 0.6 is 15.9 Å². The minimum Gasteiger partial charge on any atom is -0.377 e. The molecule has 1 saturated heterocycles. The maximum Gasteiger partial charge on any atom is 0.246 e. The van der Waals surface area contributed by atoms with E-state index in [1.807, 2.05) is 6.92 Å². The fourth-order valence-corrected chi connectivity index (χ4v) is 4.60. The highest BCUT2D eigenvalue weighted by Crippen LogP contribution is 2.31. The Morgan fingerprint density at radius 3 is 2.90 bits per heavy atom. The molecule has 1 aliphatic heterocycles. The van der Waals surface area contributed by atoms with Crippen LogP contribution in [0.3, 0.4) is 0 Å². The van der Waals surface area contributed by atoms with Crippen LogP contribution < -0.4 is 11.3 Å². The van der Waals surface area contributed by atoms with Crippen LogP contribution in [0.25, 0.3) is 0 Å². The average Bonchev–Trinajstić information content (AvgIpc) is 2.47. The molecule has 0 amide bonds. The minimum atomic E-state index is -3.69. The average molecular weight is 379 g/mol. The van der Waals surface area contributed by atoms with Crippen molar-refractivity contribution >= 4 is 31.8 Å². The molecule has 1 atom stereocenters. The Balaban J connectivity index is 2.40. The van der Waals surface area contributed by atoms with E-state index in [4.69, 9.17) is 10.6 Å². The van der Waals surface area contributed by atoms with Crippen molar-refractivity contribution in [3.63, 3.8) is 0 Å². The van der Waals surface area contributed by atoms with Crippen molar-refractivity contribution in [3.8, 4) is 0 Å². The first-order valence-corrected chi connectivity index (χ1v) is 8.73. The molecule has 118 valence electrons. The molecular weight excluding hydrogens is 360 g/mol. The first-order valence-electron chi connectivity index (χ1n) is 6.50. The van der Waals surface area contributed by atoms with Gasteiger partial charge in [0.05, 0.1) is 5.60 Å². The van der Waals surface area contributed by atoms with Crippen LogP contribution in [0.15, 0.2) is 21.6 Å². The Hall–Kier alpha value is -0.740. The second-order valence-corrected chi connectivity index (χ2v) is 8.06. The highest BCUT2D eigenvalue weighted by atomic mass is 79.9. The molecule has 0 aliphatic carbocycles. The van der Waals surface area contributed by atoms with Gasteiger partial charge < -0.3 is 10.2 Å². The molecule has 9 heteroatoms. The first-order chi connectivity index (χ1) is 9.82. The summed E-state index contributed by atoms with van der Waals surface area (Å²) >= 11 is 3.24. The van der Waals surface area contributed by atoms with Crippen LogP contribution in [0.4, 0.5) is 5.82 Å². The summed E-state index contributed by atoms with van der Waals surface area (Å²) in [6.07, 6.45) is 3.06. The Morgan fingerprint density at radius 1 is 1.57 bits per heavy atom. The highest BCUT2D eigenvalue weighted by Gasteiger charge is 2.38. The third-order valence-corrected chi connectivity index (χ3v) is 5.98. The van der Waals surface area contributed by atoms with Crippen LogP contribution in [0.2, 0.25) is 0 Å². The summed E-state index contributed by atoms with van der Waals surface area (Å²) in [6.45, 7) is 2.68. The third kappa shape index (κ3) is 3.37. The van der Waals surface area contributed by atoms with Crippen molar-refractivity contribution in [1.82, 2.24) is 9.29 Å². The monoisotopic (exact) mass is 378 g/mol. The number of aromatic nitrogens is 1. The summed E-state index contributed by atoms with van der Waals surface area (Å²) in [6, 6.07) is 1.50. The number of hydrogen-bond donors (Lipinski definition) is 2. The lowest BCUT2D eigenvalue weighted by molar-refractivity contribution is -0.0319. The number of halogens is 1. The van der Waals surface area contributed by atoms with E-state index in [2.05, 4.69) is 26.3 Å². The van der Waals surface area contributed by atoms with Gasteiger partial charge in [-0.3, -0.25) is 0 Å². The van der Waals surface area contributed by atoms with Gasteiger partial charge in [-0.2, -0.15) is 4.31 Å². The number of sulfonamides is 1. The molecule has 0 radical (unpaired) electrons. The predicted molar refractivity (Wildman–Crippen MR) is 83.2 cm³/mol. The Bertz CT molecular complexity index is 625. The van der Waals surface area contributed by atoms with E-state index >= 15 is 0 Å². The highest BCUT2D eigenvalue weighted by molar-refractivity contribution is 9.10. The number of ether oxygens (including phenoxy) is 1. The number of nitrogen functional groups attached to an aromatic ring is 1. The molecule has 0 aromatic carbocycles. The van der Waals surface area contributed by atoms with E-state index in [9.17, 15) is 8.42 Å². The van der Waals surface area contributed by atoms with Crippen molar-refractivity contribution in [2.24, 2.45) is 5.84 Å². The van der Waals surface area contributed by atoms with Crippen molar-refractivity contribution in [2.45, 2.75) is 30.3 Å². The quantitative estimate of drug-likeness (QED) is 0.605. The molecule has 1 fully saturated rings. The van der Waals surface area contributed by atoms with Gasteiger partial charge in [0.2, 0.25) is 10.0 Å². The van der Waals surface area contributed by atoms with E-state index in [0.717, 1.165) is 12.8 Å². The van der Waals surface area contributed by atoms with Crippen molar-refractivity contribution in [3.05, 3.63) is 16.7 Å². The Morgan fingerprint density at radius 2 is 2.29 bits per heavy atom. The number of methoxy groups -OCH3 is 1. The normalized spacial score (nSPS) is 24.0. The number of hydrogen-bond acceptors (Lipinski definition) is 6.